The van der Waals surface area contributed by atoms with Crippen LogP contribution in [0.2, 0.25) is 5.02 Å². The highest BCUT2D eigenvalue weighted by Crippen LogP contribution is 2.41. The predicted molar refractivity (Wildman–Crippen MR) is 126 cm³/mol. The van der Waals surface area contributed by atoms with Crippen molar-refractivity contribution in [3.8, 4) is 0 Å². The molecule has 0 radical (unpaired) electrons. The van der Waals surface area contributed by atoms with Crippen LogP contribution in [0.5, 0.6) is 0 Å². The van der Waals surface area contributed by atoms with Gasteiger partial charge in [-0.2, -0.15) is 0 Å². The number of hydrogen-bond donors (Lipinski definition) is 0. The first kappa shape index (κ1) is 20.6. The van der Waals surface area contributed by atoms with Crippen molar-refractivity contribution in [3.63, 3.8) is 0 Å². The van der Waals surface area contributed by atoms with Gasteiger partial charge in [-0.15, -0.1) is 11.3 Å². The van der Waals surface area contributed by atoms with Gasteiger partial charge in [0.25, 0.3) is 5.56 Å². The summed E-state index contributed by atoms with van der Waals surface area (Å²) in [6.07, 6.45) is 2.41. The molecule has 31 heavy (non-hydrogen) atoms. The van der Waals surface area contributed by atoms with Crippen molar-refractivity contribution >= 4 is 43.4 Å². The van der Waals surface area contributed by atoms with E-state index in [1.165, 1.54) is 16.9 Å². The van der Waals surface area contributed by atoms with E-state index in [4.69, 9.17) is 26.3 Å². The van der Waals surface area contributed by atoms with E-state index in [1.807, 2.05) is 24.3 Å². The molecule has 0 atom stereocenters. The highest BCUT2D eigenvalue weighted by Gasteiger charge is 2.32. The Labute approximate surface area is 189 Å². The van der Waals surface area contributed by atoms with Crippen LogP contribution < -0.4 is 5.56 Å². The second kappa shape index (κ2) is 7.40. The maximum Gasteiger partial charge on any atom is 0.271 e. The largest absolute Gasteiger partial charge is 0.370 e. The molecule has 5 rings (SSSR count). The first-order valence-electron chi connectivity index (χ1n) is 10.5. The van der Waals surface area contributed by atoms with Crippen LogP contribution in [-0.2, 0) is 24.3 Å². The van der Waals surface area contributed by atoms with E-state index < -0.39 is 0 Å². The molecule has 0 fully saturated rings. The van der Waals surface area contributed by atoms with E-state index in [9.17, 15) is 4.79 Å². The Hall–Kier alpha value is -2.28. The molecule has 4 aromatic rings. The van der Waals surface area contributed by atoms with Crippen LogP contribution >= 0.6 is 22.9 Å². The van der Waals surface area contributed by atoms with Crippen LogP contribution in [0.4, 0.5) is 0 Å². The molecule has 4 heterocycles. The fourth-order valence-electron chi connectivity index (χ4n) is 4.32. The zero-order valence-corrected chi connectivity index (χ0v) is 19.6. The minimum Gasteiger partial charge on any atom is -0.370 e. The van der Waals surface area contributed by atoms with E-state index in [-0.39, 0.29) is 17.1 Å². The molecule has 5 nitrogen and oxygen atoms in total. The van der Waals surface area contributed by atoms with Gasteiger partial charge in [-0.05, 0) is 37.0 Å². The Kier molecular flexibility index (Phi) is 4.92. The monoisotopic (exact) mass is 453 g/mol. The maximum absolute atomic E-state index is 13.4. The number of hydrogen-bond acceptors (Lipinski definition) is 5. The van der Waals surface area contributed by atoms with Crippen LogP contribution in [0.1, 0.15) is 56.0 Å². The lowest BCUT2D eigenvalue weighted by molar-refractivity contribution is -0.0402. The Balaban J connectivity index is 1.74. The first-order valence-corrected chi connectivity index (χ1v) is 11.7. The molecule has 3 aromatic heterocycles. The second-order valence-electron chi connectivity index (χ2n) is 9.06. The number of halogens is 1. The lowest BCUT2D eigenvalue weighted by Gasteiger charge is -2.33. The Bertz CT molecular complexity index is 1390. The Morgan fingerprint density at radius 1 is 1.26 bits per heavy atom. The van der Waals surface area contributed by atoms with E-state index >= 15 is 0 Å². The van der Waals surface area contributed by atoms with Crippen LogP contribution in [0.25, 0.3) is 20.4 Å². The van der Waals surface area contributed by atoms with E-state index in [0.29, 0.717) is 22.9 Å². The molecule has 0 spiro atoms. The number of rotatable bonds is 3. The lowest BCUT2D eigenvalue weighted by Crippen LogP contribution is -2.33. The average Bonchev–Trinajstić information content (AvgIpc) is 3.10. The van der Waals surface area contributed by atoms with Gasteiger partial charge in [-0.3, -0.25) is 9.36 Å². The number of thiophene rings is 1. The van der Waals surface area contributed by atoms with Crippen molar-refractivity contribution in [2.24, 2.45) is 0 Å². The normalized spacial score (nSPS) is 15.7. The Morgan fingerprint density at radius 3 is 2.77 bits per heavy atom. The smallest absolute Gasteiger partial charge is 0.271 e. The van der Waals surface area contributed by atoms with Crippen LogP contribution in [-0.4, -0.2) is 20.1 Å². The maximum atomic E-state index is 13.4. The first-order chi connectivity index (χ1) is 14.7. The third-order valence-electron chi connectivity index (χ3n) is 5.90. The standard InChI is InChI=1S/C24H24ClN3O2S/c1-13(2)19-16-11-30-24(3,4)9-15(16)18-20-21(31-22(18)27-19)23(29)28(12-26-20)10-14-7-5-6-8-17(14)25/h5-8,12-13H,9-11H2,1-4H3. The summed E-state index contributed by atoms with van der Waals surface area (Å²) in [4.78, 5) is 24.0. The molecular weight excluding hydrogens is 430 g/mol. The summed E-state index contributed by atoms with van der Waals surface area (Å²) < 4.78 is 8.38. The SMILES string of the molecule is CC(C)c1nc2sc3c(=O)n(Cc4ccccc4Cl)cnc3c2c2c1COC(C)(C)C2. The second-order valence-corrected chi connectivity index (χ2v) is 10.5. The van der Waals surface area contributed by atoms with E-state index in [0.717, 1.165) is 39.0 Å². The van der Waals surface area contributed by atoms with Gasteiger partial charge in [-0.1, -0.05) is 43.6 Å². The summed E-state index contributed by atoms with van der Waals surface area (Å²) in [7, 11) is 0. The minimum atomic E-state index is -0.261. The van der Waals surface area contributed by atoms with E-state index in [2.05, 4.69) is 27.7 Å². The van der Waals surface area contributed by atoms with Crippen LogP contribution in [0, 0.1) is 0 Å². The number of ether oxygens (including phenoxy) is 1. The third-order valence-corrected chi connectivity index (χ3v) is 7.33. The van der Waals surface area contributed by atoms with Crippen LogP contribution in [0.15, 0.2) is 35.4 Å². The van der Waals surface area contributed by atoms with Gasteiger partial charge in [-0.25, -0.2) is 9.97 Å². The topological polar surface area (TPSA) is 57.0 Å². The third kappa shape index (κ3) is 3.47. The molecule has 160 valence electrons. The van der Waals surface area contributed by atoms with Crippen molar-refractivity contribution in [2.75, 3.05) is 0 Å². The molecule has 1 aliphatic heterocycles. The number of benzene rings is 1. The highest BCUT2D eigenvalue weighted by molar-refractivity contribution is 7.25. The molecule has 1 aliphatic rings. The number of fused-ring (bicyclic) bond motifs is 5. The van der Waals surface area contributed by atoms with Crippen molar-refractivity contribution < 1.29 is 4.74 Å². The van der Waals surface area contributed by atoms with Gasteiger partial charge in [0.15, 0.2) is 0 Å². The molecule has 7 heteroatoms. The molecular formula is C24H24ClN3O2S. The predicted octanol–water partition coefficient (Wildman–Crippen LogP) is 5.68. The molecule has 0 aliphatic carbocycles. The molecule has 0 N–H and O–H groups in total. The average molecular weight is 454 g/mol. The molecule has 0 saturated heterocycles. The van der Waals surface area contributed by atoms with Crippen molar-refractivity contribution in [1.82, 2.24) is 14.5 Å². The summed E-state index contributed by atoms with van der Waals surface area (Å²) in [6, 6.07) is 7.57. The minimum absolute atomic E-state index is 0.0564. The highest BCUT2D eigenvalue weighted by atomic mass is 35.5. The fourth-order valence-corrected chi connectivity index (χ4v) is 5.63. The summed E-state index contributed by atoms with van der Waals surface area (Å²) in [5.74, 6) is 0.276. The van der Waals surface area contributed by atoms with Gasteiger partial charge in [0.2, 0.25) is 0 Å². The quantitative estimate of drug-likeness (QED) is 0.400. The molecule has 0 amide bonds. The zero-order valence-electron chi connectivity index (χ0n) is 18.0. The Morgan fingerprint density at radius 2 is 2.03 bits per heavy atom. The summed E-state index contributed by atoms with van der Waals surface area (Å²) >= 11 is 7.75. The van der Waals surface area contributed by atoms with Crippen LogP contribution in [0.3, 0.4) is 0 Å². The van der Waals surface area contributed by atoms with Gasteiger partial charge >= 0.3 is 0 Å². The number of pyridine rings is 1. The number of aromatic nitrogens is 3. The summed E-state index contributed by atoms with van der Waals surface area (Å²) in [5.41, 5.74) is 4.76. The van der Waals surface area contributed by atoms with Crippen molar-refractivity contribution in [3.05, 3.63) is 68.4 Å². The fraction of sp³-hybridized carbons (Fsp3) is 0.375. The van der Waals surface area contributed by atoms with Gasteiger partial charge in [0.05, 0.1) is 36.3 Å². The lowest BCUT2D eigenvalue weighted by atomic mass is 9.87. The molecule has 0 saturated carbocycles. The van der Waals surface area contributed by atoms with Gasteiger partial charge < -0.3 is 4.74 Å². The summed E-state index contributed by atoms with van der Waals surface area (Å²) in [5, 5.41) is 1.66. The van der Waals surface area contributed by atoms with E-state index in [1.54, 1.807) is 10.9 Å². The van der Waals surface area contributed by atoms with Crippen molar-refractivity contribution in [1.29, 1.82) is 0 Å². The van der Waals surface area contributed by atoms with Crippen molar-refractivity contribution in [2.45, 2.75) is 58.8 Å². The molecule has 1 aromatic carbocycles. The molecule has 0 unspecified atom stereocenters. The summed E-state index contributed by atoms with van der Waals surface area (Å²) in [6.45, 7) is 9.44. The number of nitrogens with zero attached hydrogens (tertiary/aromatic N) is 3. The zero-order chi connectivity index (χ0) is 21.9. The van der Waals surface area contributed by atoms with Gasteiger partial charge in [0.1, 0.15) is 9.53 Å². The van der Waals surface area contributed by atoms with Gasteiger partial charge in [0, 0.05) is 22.4 Å². The molecule has 0 bridgehead atoms.